The van der Waals surface area contributed by atoms with E-state index in [-0.39, 0.29) is 23.9 Å². The zero-order chi connectivity index (χ0) is 20.0. The number of nitrogens with two attached hydrogens (primary N) is 1. The number of halogens is 1. The molecule has 0 heterocycles. The summed E-state index contributed by atoms with van der Waals surface area (Å²) in [5.41, 5.74) is 0.780. The van der Waals surface area contributed by atoms with Crippen molar-refractivity contribution in [3.05, 3.63) is 53.6 Å². The zero-order valence-electron chi connectivity index (χ0n) is 14.5. The molecular weight excluding hydrogens is 392 g/mol. The number of rotatable bonds is 7. The van der Waals surface area contributed by atoms with Gasteiger partial charge in [-0.15, -0.1) is 0 Å². The lowest BCUT2D eigenvalue weighted by molar-refractivity contribution is -0.119. The lowest BCUT2D eigenvalue weighted by atomic mass is 10.3. The molecule has 2 aromatic carbocycles. The average molecular weight is 411 g/mol. The van der Waals surface area contributed by atoms with Crippen molar-refractivity contribution < 1.29 is 18.0 Å². The van der Waals surface area contributed by atoms with Crippen molar-refractivity contribution >= 4 is 44.8 Å². The van der Waals surface area contributed by atoms with Crippen molar-refractivity contribution in [2.45, 2.75) is 4.90 Å². The molecule has 10 heteroatoms. The lowest BCUT2D eigenvalue weighted by Crippen LogP contribution is -2.36. The molecule has 0 aliphatic rings. The first kappa shape index (κ1) is 20.8. The zero-order valence-corrected chi connectivity index (χ0v) is 16.0. The number of nitrogens with zero attached hydrogens (tertiary/aromatic N) is 1. The Morgan fingerprint density at radius 1 is 1.04 bits per heavy atom. The van der Waals surface area contributed by atoms with E-state index in [1.54, 1.807) is 31.3 Å². The number of para-hydroxylation sites is 1. The van der Waals surface area contributed by atoms with E-state index in [2.05, 4.69) is 10.6 Å². The third kappa shape index (κ3) is 6.65. The summed E-state index contributed by atoms with van der Waals surface area (Å²) in [5, 5.41) is 10.7. The minimum Gasteiger partial charge on any atom is -0.325 e. The SMILES string of the molecule is CN(CC(=O)Nc1cccc(S(N)(=O)=O)c1)CC(=O)Nc1ccccc1Cl. The number of carbonyl (C=O) groups is 2. The molecule has 4 N–H and O–H groups in total. The smallest absolute Gasteiger partial charge is 0.238 e. The molecule has 0 spiro atoms. The van der Waals surface area contributed by atoms with E-state index >= 15 is 0 Å². The highest BCUT2D eigenvalue weighted by Crippen LogP contribution is 2.20. The van der Waals surface area contributed by atoms with Gasteiger partial charge in [-0.3, -0.25) is 14.5 Å². The number of hydrogen-bond donors (Lipinski definition) is 3. The second kappa shape index (κ2) is 8.96. The van der Waals surface area contributed by atoms with Crippen LogP contribution in [0.4, 0.5) is 11.4 Å². The van der Waals surface area contributed by atoms with Crippen molar-refractivity contribution in [3.63, 3.8) is 0 Å². The fourth-order valence-electron chi connectivity index (χ4n) is 2.25. The number of sulfonamides is 1. The van der Waals surface area contributed by atoms with E-state index in [4.69, 9.17) is 16.7 Å². The van der Waals surface area contributed by atoms with Crippen molar-refractivity contribution in [1.82, 2.24) is 4.90 Å². The van der Waals surface area contributed by atoms with E-state index in [9.17, 15) is 18.0 Å². The molecule has 0 radical (unpaired) electrons. The summed E-state index contributed by atoms with van der Waals surface area (Å²) in [4.78, 5) is 25.5. The summed E-state index contributed by atoms with van der Waals surface area (Å²) < 4.78 is 22.7. The highest BCUT2D eigenvalue weighted by molar-refractivity contribution is 7.89. The van der Waals surface area contributed by atoms with E-state index in [1.807, 2.05) is 0 Å². The molecule has 2 rings (SSSR count). The Hall–Kier alpha value is -2.46. The number of nitrogens with one attached hydrogen (secondary N) is 2. The predicted molar refractivity (Wildman–Crippen MR) is 104 cm³/mol. The summed E-state index contributed by atoms with van der Waals surface area (Å²) in [6.45, 7) is -0.106. The fraction of sp³-hybridized carbons (Fsp3) is 0.176. The van der Waals surface area contributed by atoms with Crippen LogP contribution < -0.4 is 15.8 Å². The van der Waals surface area contributed by atoms with Gasteiger partial charge in [-0.05, 0) is 37.4 Å². The van der Waals surface area contributed by atoms with Crippen LogP contribution in [0.25, 0.3) is 0 Å². The molecule has 0 fully saturated rings. The minimum atomic E-state index is -3.86. The molecule has 2 amide bonds. The molecule has 0 saturated carbocycles. The molecule has 0 bridgehead atoms. The van der Waals surface area contributed by atoms with Gasteiger partial charge in [0.1, 0.15) is 0 Å². The number of benzene rings is 2. The van der Waals surface area contributed by atoms with Crippen LogP contribution in [0, 0.1) is 0 Å². The van der Waals surface area contributed by atoms with Crippen LogP contribution in [-0.2, 0) is 19.6 Å². The normalized spacial score (nSPS) is 11.3. The van der Waals surface area contributed by atoms with Gasteiger partial charge in [-0.1, -0.05) is 29.8 Å². The Bertz CT molecular complexity index is 949. The molecule has 0 saturated heterocycles. The van der Waals surface area contributed by atoms with Crippen molar-refractivity contribution in [2.24, 2.45) is 5.14 Å². The maximum atomic E-state index is 12.1. The molecule has 27 heavy (non-hydrogen) atoms. The number of amides is 2. The van der Waals surface area contributed by atoms with Crippen LogP contribution in [0.3, 0.4) is 0 Å². The van der Waals surface area contributed by atoms with Gasteiger partial charge in [0, 0.05) is 5.69 Å². The van der Waals surface area contributed by atoms with Crippen LogP contribution in [0.15, 0.2) is 53.4 Å². The van der Waals surface area contributed by atoms with E-state index < -0.39 is 15.9 Å². The summed E-state index contributed by atoms with van der Waals surface area (Å²) in [5.74, 6) is -0.732. The largest absolute Gasteiger partial charge is 0.325 e. The molecule has 0 aliphatic carbocycles. The third-order valence-electron chi connectivity index (χ3n) is 3.42. The average Bonchev–Trinajstić information content (AvgIpc) is 2.56. The summed E-state index contributed by atoms with van der Waals surface area (Å²) in [6.07, 6.45) is 0. The van der Waals surface area contributed by atoms with Crippen LogP contribution in [0.1, 0.15) is 0 Å². The Balaban J connectivity index is 1.88. The van der Waals surface area contributed by atoms with E-state index in [0.29, 0.717) is 16.4 Å². The molecule has 2 aromatic rings. The van der Waals surface area contributed by atoms with E-state index in [0.717, 1.165) is 0 Å². The number of carbonyl (C=O) groups excluding carboxylic acids is 2. The van der Waals surface area contributed by atoms with Crippen molar-refractivity contribution in [1.29, 1.82) is 0 Å². The maximum Gasteiger partial charge on any atom is 0.238 e. The Morgan fingerprint density at radius 3 is 2.30 bits per heavy atom. The number of anilines is 2. The molecular formula is C17H19ClN4O4S. The number of primary sulfonamides is 1. The molecule has 0 aliphatic heterocycles. The topological polar surface area (TPSA) is 122 Å². The van der Waals surface area contributed by atoms with E-state index in [1.165, 1.54) is 29.2 Å². The van der Waals surface area contributed by atoms with Gasteiger partial charge >= 0.3 is 0 Å². The summed E-state index contributed by atoms with van der Waals surface area (Å²) in [6, 6.07) is 12.4. The molecule has 0 aromatic heterocycles. The molecule has 0 atom stereocenters. The lowest BCUT2D eigenvalue weighted by Gasteiger charge is -2.16. The van der Waals surface area contributed by atoms with Crippen LogP contribution in [0.5, 0.6) is 0 Å². The van der Waals surface area contributed by atoms with Gasteiger partial charge in [-0.2, -0.15) is 0 Å². The van der Waals surface area contributed by atoms with Gasteiger partial charge in [0.15, 0.2) is 0 Å². The molecule has 8 nitrogen and oxygen atoms in total. The molecule has 144 valence electrons. The number of likely N-dealkylation sites (N-methyl/N-ethyl adjacent to an activating group) is 1. The quantitative estimate of drug-likeness (QED) is 0.638. The Morgan fingerprint density at radius 2 is 1.67 bits per heavy atom. The Labute approximate surface area is 162 Å². The first-order valence-electron chi connectivity index (χ1n) is 7.81. The first-order valence-corrected chi connectivity index (χ1v) is 9.73. The number of hydrogen-bond acceptors (Lipinski definition) is 5. The Kier molecular flexibility index (Phi) is 6.92. The monoisotopic (exact) mass is 410 g/mol. The van der Waals surface area contributed by atoms with Gasteiger partial charge in [-0.25, -0.2) is 13.6 Å². The predicted octanol–water partition coefficient (Wildman–Crippen LogP) is 1.50. The van der Waals surface area contributed by atoms with Crippen molar-refractivity contribution in [3.8, 4) is 0 Å². The second-order valence-electron chi connectivity index (χ2n) is 5.82. The third-order valence-corrected chi connectivity index (χ3v) is 4.66. The van der Waals surface area contributed by atoms with Crippen LogP contribution in [0.2, 0.25) is 5.02 Å². The highest BCUT2D eigenvalue weighted by atomic mass is 35.5. The van der Waals surface area contributed by atoms with Gasteiger partial charge < -0.3 is 10.6 Å². The van der Waals surface area contributed by atoms with Crippen LogP contribution >= 0.6 is 11.6 Å². The fourth-order valence-corrected chi connectivity index (χ4v) is 2.99. The van der Waals surface area contributed by atoms with Gasteiger partial charge in [0.05, 0.1) is 28.7 Å². The second-order valence-corrected chi connectivity index (χ2v) is 7.79. The highest BCUT2D eigenvalue weighted by Gasteiger charge is 2.13. The van der Waals surface area contributed by atoms with Gasteiger partial charge in [0.2, 0.25) is 21.8 Å². The van der Waals surface area contributed by atoms with Gasteiger partial charge in [0.25, 0.3) is 0 Å². The first-order chi connectivity index (χ1) is 12.6. The minimum absolute atomic E-state index is 0.0319. The van der Waals surface area contributed by atoms with Crippen molar-refractivity contribution in [2.75, 3.05) is 30.8 Å². The standard InChI is InChI=1S/C17H19ClN4O4S/c1-22(11-17(24)21-15-8-3-2-7-14(15)18)10-16(23)20-12-5-4-6-13(9-12)27(19,25)26/h2-9H,10-11H2,1H3,(H,20,23)(H,21,24)(H2,19,25,26). The molecule has 0 unspecified atom stereocenters. The van der Waals surface area contributed by atoms with Crippen LogP contribution in [-0.4, -0.2) is 45.3 Å². The summed E-state index contributed by atoms with van der Waals surface area (Å²) >= 11 is 5.98. The maximum absolute atomic E-state index is 12.1. The summed E-state index contributed by atoms with van der Waals surface area (Å²) in [7, 11) is -2.26.